The average Bonchev–Trinajstić information content (AvgIpc) is 2.62. The summed E-state index contributed by atoms with van der Waals surface area (Å²) < 4.78 is 38.8. The third-order valence-corrected chi connectivity index (χ3v) is 4.56. The first kappa shape index (κ1) is 13.2. The molecule has 2 rings (SSSR count). The van der Waals surface area contributed by atoms with Crippen LogP contribution in [-0.2, 0) is 0 Å². The van der Waals surface area contributed by atoms with Crippen molar-refractivity contribution in [2.75, 3.05) is 0 Å². The molecule has 0 amide bonds. The molecule has 0 spiro atoms. The zero-order valence-corrected chi connectivity index (χ0v) is 11.6. The summed E-state index contributed by atoms with van der Waals surface area (Å²) in [5.41, 5.74) is -1.05. The van der Waals surface area contributed by atoms with E-state index in [1.54, 1.807) is 6.08 Å². The normalized spacial score (nSPS) is 46.4. The molecule has 1 fully saturated rings. The highest BCUT2D eigenvalue weighted by Gasteiger charge is 2.56. The number of alkyl halides is 3. The zero-order valence-electron chi connectivity index (χ0n) is 9.28. The van der Waals surface area contributed by atoms with Crippen molar-refractivity contribution < 1.29 is 13.2 Å². The molecule has 94 valence electrons. The summed E-state index contributed by atoms with van der Waals surface area (Å²) in [7, 11) is 0. The predicted molar refractivity (Wildman–Crippen MR) is 65.8 cm³/mol. The second-order valence-electron chi connectivity index (χ2n) is 4.78. The van der Waals surface area contributed by atoms with Crippen molar-refractivity contribution in [3.05, 3.63) is 33.3 Å². The third kappa shape index (κ3) is 2.22. The molecule has 17 heavy (non-hydrogen) atoms. The molecule has 2 aliphatic rings. The highest BCUT2D eigenvalue weighted by atomic mass is 79.9. The number of rotatable bonds is 0. The Kier molecular flexibility index (Phi) is 3.02. The Morgan fingerprint density at radius 3 is 2.53 bits per heavy atom. The van der Waals surface area contributed by atoms with Gasteiger partial charge in [-0.3, -0.25) is 0 Å². The van der Waals surface area contributed by atoms with E-state index in [-0.39, 0.29) is 16.4 Å². The van der Waals surface area contributed by atoms with Crippen LogP contribution in [0.15, 0.2) is 33.3 Å². The monoisotopic (exact) mass is 326 g/mol. The fourth-order valence-corrected chi connectivity index (χ4v) is 3.25. The molecule has 0 saturated heterocycles. The van der Waals surface area contributed by atoms with Gasteiger partial charge in [-0.1, -0.05) is 53.5 Å². The molecule has 0 bridgehead atoms. The van der Waals surface area contributed by atoms with Crippen molar-refractivity contribution >= 4 is 27.5 Å². The predicted octanol–water partition coefficient (Wildman–Crippen LogP) is 5.16. The number of allylic oxidation sites excluding steroid dienone is 6. The molecule has 0 radical (unpaired) electrons. The van der Waals surface area contributed by atoms with E-state index in [4.69, 9.17) is 11.6 Å². The van der Waals surface area contributed by atoms with Gasteiger partial charge in [-0.15, -0.1) is 0 Å². The zero-order chi connectivity index (χ0) is 13.0. The summed E-state index contributed by atoms with van der Waals surface area (Å²) in [4.78, 5) is 0. The Hall–Kier alpha value is -0.220. The van der Waals surface area contributed by atoms with Gasteiger partial charge in [0.1, 0.15) is 0 Å². The van der Waals surface area contributed by atoms with Gasteiger partial charge in [0.05, 0.1) is 5.57 Å². The standard InChI is InChI=1S/C12H11BrClF3/c1-6-8-3-7(13)4-9(12(15,16)17)10(14)5-11(6,8)2/h3-6,8H,1-2H3/b7-3+,9-4+,10-5-. The Balaban J connectivity index is 2.51. The van der Waals surface area contributed by atoms with Gasteiger partial charge < -0.3 is 0 Å². The highest BCUT2D eigenvalue weighted by Crippen LogP contribution is 2.62. The van der Waals surface area contributed by atoms with Crippen molar-refractivity contribution in [2.45, 2.75) is 20.0 Å². The van der Waals surface area contributed by atoms with Crippen LogP contribution in [0.4, 0.5) is 13.2 Å². The first-order valence-electron chi connectivity index (χ1n) is 5.21. The van der Waals surface area contributed by atoms with Crippen LogP contribution in [0.2, 0.25) is 0 Å². The number of fused-ring (bicyclic) bond motifs is 1. The second-order valence-corrected chi connectivity index (χ2v) is 6.10. The van der Waals surface area contributed by atoms with E-state index in [9.17, 15) is 13.2 Å². The molecule has 0 aromatic heterocycles. The van der Waals surface area contributed by atoms with Gasteiger partial charge in [-0.25, -0.2) is 0 Å². The topological polar surface area (TPSA) is 0 Å². The number of hydrogen-bond acceptors (Lipinski definition) is 0. The minimum Gasteiger partial charge on any atom is -0.166 e. The van der Waals surface area contributed by atoms with Crippen molar-refractivity contribution in [1.82, 2.24) is 0 Å². The van der Waals surface area contributed by atoms with E-state index in [0.717, 1.165) is 6.08 Å². The number of halogens is 5. The van der Waals surface area contributed by atoms with Crippen LogP contribution >= 0.6 is 27.5 Å². The fourth-order valence-electron chi connectivity index (χ4n) is 2.34. The summed E-state index contributed by atoms with van der Waals surface area (Å²) in [6.45, 7) is 3.95. The van der Waals surface area contributed by atoms with E-state index in [0.29, 0.717) is 10.4 Å². The van der Waals surface area contributed by atoms with E-state index in [2.05, 4.69) is 15.9 Å². The average molecular weight is 328 g/mol. The molecule has 0 aromatic carbocycles. The van der Waals surface area contributed by atoms with Gasteiger partial charge >= 0.3 is 6.18 Å². The maximum Gasteiger partial charge on any atom is 0.417 e. The van der Waals surface area contributed by atoms with Crippen molar-refractivity contribution in [2.24, 2.45) is 17.3 Å². The lowest BCUT2D eigenvalue weighted by atomic mass is 10.0. The van der Waals surface area contributed by atoms with Gasteiger partial charge in [-0.05, 0) is 23.3 Å². The molecule has 3 atom stereocenters. The molecule has 5 heteroatoms. The fraction of sp³-hybridized carbons (Fsp3) is 0.500. The van der Waals surface area contributed by atoms with Crippen molar-refractivity contribution in [1.29, 1.82) is 0 Å². The van der Waals surface area contributed by atoms with Gasteiger partial charge in [0.25, 0.3) is 0 Å². The lowest BCUT2D eigenvalue weighted by molar-refractivity contribution is -0.0887. The Bertz CT molecular complexity index is 447. The molecule has 3 unspecified atom stereocenters. The molecule has 1 saturated carbocycles. The maximum atomic E-state index is 12.8. The molecule has 0 aliphatic heterocycles. The minimum absolute atomic E-state index is 0.209. The lowest BCUT2D eigenvalue weighted by Crippen LogP contribution is -2.14. The quantitative estimate of drug-likeness (QED) is 0.576. The van der Waals surface area contributed by atoms with Crippen LogP contribution in [0.5, 0.6) is 0 Å². The van der Waals surface area contributed by atoms with Crippen molar-refractivity contribution in [3.8, 4) is 0 Å². The maximum absolute atomic E-state index is 12.8. The van der Waals surface area contributed by atoms with Gasteiger partial charge in [-0.2, -0.15) is 13.2 Å². The molecule has 2 aliphatic carbocycles. The van der Waals surface area contributed by atoms with E-state index in [1.165, 1.54) is 0 Å². The van der Waals surface area contributed by atoms with Crippen LogP contribution in [0.1, 0.15) is 13.8 Å². The van der Waals surface area contributed by atoms with E-state index >= 15 is 0 Å². The first-order chi connectivity index (χ1) is 7.66. The second kappa shape index (κ2) is 3.89. The molecular formula is C12H11BrClF3. The Labute approximate surface area is 111 Å². The van der Waals surface area contributed by atoms with E-state index in [1.807, 2.05) is 19.9 Å². The van der Waals surface area contributed by atoms with Gasteiger partial charge in [0, 0.05) is 9.51 Å². The highest BCUT2D eigenvalue weighted by molar-refractivity contribution is 9.11. The van der Waals surface area contributed by atoms with Crippen LogP contribution in [0.3, 0.4) is 0 Å². The SMILES string of the molecule is CC1C2\C=C(Br)/C=C(C(F)(F)F)\C(Cl)=C\C12C. The van der Waals surface area contributed by atoms with Crippen LogP contribution < -0.4 is 0 Å². The molecule has 0 N–H and O–H groups in total. The molecular weight excluding hydrogens is 316 g/mol. The van der Waals surface area contributed by atoms with Crippen LogP contribution in [0, 0.1) is 17.3 Å². The van der Waals surface area contributed by atoms with Crippen molar-refractivity contribution in [3.63, 3.8) is 0 Å². The molecule has 0 heterocycles. The largest absolute Gasteiger partial charge is 0.417 e. The lowest BCUT2D eigenvalue weighted by Gasteiger charge is -2.15. The summed E-state index contributed by atoms with van der Waals surface area (Å²) in [5, 5.41) is -0.209. The summed E-state index contributed by atoms with van der Waals surface area (Å²) >= 11 is 8.96. The molecule has 0 aromatic rings. The summed E-state index contributed by atoms with van der Waals surface area (Å²) in [6, 6.07) is 0. The Morgan fingerprint density at radius 2 is 2.00 bits per heavy atom. The Morgan fingerprint density at radius 1 is 1.41 bits per heavy atom. The van der Waals surface area contributed by atoms with Gasteiger partial charge in [0.15, 0.2) is 0 Å². The number of hydrogen-bond donors (Lipinski definition) is 0. The van der Waals surface area contributed by atoms with E-state index < -0.39 is 11.7 Å². The summed E-state index contributed by atoms with van der Waals surface area (Å²) in [6.07, 6.45) is -0.0133. The van der Waals surface area contributed by atoms with Gasteiger partial charge in [0.2, 0.25) is 0 Å². The smallest absolute Gasteiger partial charge is 0.166 e. The minimum atomic E-state index is -4.43. The van der Waals surface area contributed by atoms with Crippen LogP contribution in [-0.4, -0.2) is 6.18 Å². The van der Waals surface area contributed by atoms with Crippen LogP contribution in [0.25, 0.3) is 0 Å². The third-order valence-electron chi connectivity index (χ3n) is 3.75. The summed E-state index contributed by atoms with van der Waals surface area (Å²) in [5.74, 6) is 0.557. The molecule has 0 nitrogen and oxygen atoms in total. The first-order valence-corrected chi connectivity index (χ1v) is 6.38.